The largest absolute Gasteiger partial charge is 0.322 e. The van der Waals surface area contributed by atoms with Crippen LogP contribution in [0.5, 0.6) is 0 Å². The van der Waals surface area contributed by atoms with Crippen molar-refractivity contribution in [2.75, 3.05) is 23.4 Å². The quantitative estimate of drug-likeness (QED) is 0.466. The van der Waals surface area contributed by atoms with Gasteiger partial charge in [-0.05, 0) is 37.8 Å². The van der Waals surface area contributed by atoms with Crippen LogP contribution in [0, 0.1) is 0 Å². The molecule has 1 amide bonds. The normalized spacial score (nSPS) is 16.6. The van der Waals surface area contributed by atoms with Crippen molar-refractivity contribution in [3.63, 3.8) is 0 Å². The van der Waals surface area contributed by atoms with Gasteiger partial charge in [0.25, 0.3) is 5.95 Å². The second kappa shape index (κ2) is 7.90. The maximum Gasteiger partial charge on any atom is 0.264 e. The zero-order chi connectivity index (χ0) is 21.5. The van der Waals surface area contributed by atoms with Gasteiger partial charge in [-0.15, -0.1) is 16.4 Å². The molecule has 1 aliphatic carbocycles. The van der Waals surface area contributed by atoms with Crippen LogP contribution in [-0.2, 0) is 11.2 Å². The molecule has 0 atom stereocenters. The molecule has 1 aliphatic heterocycles. The zero-order valence-electron chi connectivity index (χ0n) is 17.4. The van der Waals surface area contributed by atoms with Crippen LogP contribution in [0.3, 0.4) is 0 Å². The number of H-pyrrole nitrogens is 1. The van der Waals surface area contributed by atoms with Gasteiger partial charge in [0, 0.05) is 48.5 Å². The monoisotopic (exact) mass is 449 g/mol. The molecule has 4 aromatic heterocycles. The SMILES string of the molecule is O=C(Cc1nccs1)N1CCCCN1c1nc(Nc2cc(C3CC3)[nH]n2)c2cccn2n1. The van der Waals surface area contributed by atoms with Crippen LogP contribution in [0.15, 0.2) is 36.0 Å². The van der Waals surface area contributed by atoms with Crippen LogP contribution in [-0.4, -0.2) is 53.8 Å². The minimum Gasteiger partial charge on any atom is -0.322 e. The summed E-state index contributed by atoms with van der Waals surface area (Å²) in [5.74, 6) is 2.48. The summed E-state index contributed by atoms with van der Waals surface area (Å²) in [5, 5.41) is 21.9. The first kappa shape index (κ1) is 19.2. The molecular weight excluding hydrogens is 426 g/mol. The molecule has 10 nitrogen and oxygen atoms in total. The summed E-state index contributed by atoms with van der Waals surface area (Å²) < 4.78 is 1.79. The van der Waals surface area contributed by atoms with Gasteiger partial charge >= 0.3 is 0 Å². The Balaban J connectivity index is 1.31. The summed E-state index contributed by atoms with van der Waals surface area (Å²) in [6.07, 6.45) is 8.24. The summed E-state index contributed by atoms with van der Waals surface area (Å²) >= 11 is 1.49. The highest BCUT2D eigenvalue weighted by Gasteiger charge is 2.29. The zero-order valence-corrected chi connectivity index (χ0v) is 18.3. The molecule has 0 bridgehead atoms. The minimum absolute atomic E-state index is 0.00624. The van der Waals surface area contributed by atoms with E-state index in [1.54, 1.807) is 15.7 Å². The molecule has 2 aliphatic rings. The molecule has 4 aromatic rings. The Morgan fingerprint density at radius 1 is 1.28 bits per heavy atom. The van der Waals surface area contributed by atoms with E-state index in [1.807, 2.05) is 34.8 Å². The number of nitrogens with zero attached hydrogens (tertiary/aromatic N) is 7. The smallest absolute Gasteiger partial charge is 0.264 e. The van der Waals surface area contributed by atoms with Crippen LogP contribution in [0.4, 0.5) is 17.6 Å². The van der Waals surface area contributed by atoms with E-state index in [0.717, 1.165) is 34.9 Å². The fourth-order valence-electron chi connectivity index (χ4n) is 4.04. The lowest BCUT2D eigenvalue weighted by Crippen LogP contribution is -2.52. The number of aromatic amines is 1. The van der Waals surface area contributed by atoms with Crippen LogP contribution in [0.1, 0.15) is 42.3 Å². The van der Waals surface area contributed by atoms with Crippen LogP contribution in [0.25, 0.3) is 5.52 Å². The summed E-state index contributed by atoms with van der Waals surface area (Å²) in [4.78, 5) is 22.1. The first-order valence-electron chi connectivity index (χ1n) is 10.9. The molecule has 2 fully saturated rings. The van der Waals surface area contributed by atoms with Crippen molar-refractivity contribution < 1.29 is 4.79 Å². The van der Waals surface area contributed by atoms with E-state index in [2.05, 4.69) is 20.5 Å². The first-order chi connectivity index (χ1) is 15.7. The van der Waals surface area contributed by atoms with E-state index < -0.39 is 0 Å². The van der Waals surface area contributed by atoms with Crippen LogP contribution < -0.4 is 10.3 Å². The summed E-state index contributed by atoms with van der Waals surface area (Å²) in [6.45, 7) is 1.33. The van der Waals surface area contributed by atoms with Gasteiger partial charge in [0.15, 0.2) is 11.6 Å². The van der Waals surface area contributed by atoms with E-state index in [4.69, 9.17) is 10.1 Å². The molecule has 0 radical (unpaired) electrons. The highest BCUT2D eigenvalue weighted by atomic mass is 32.1. The molecule has 5 heterocycles. The maximum absolute atomic E-state index is 13.1. The van der Waals surface area contributed by atoms with Gasteiger partial charge in [0.2, 0.25) is 5.91 Å². The number of amides is 1. The molecule has 32 heavy (non-hydrogen) atoms. The second-order valence-electron chi connectivity index (χ2n) is 8.16. The Labute approximate surface area is 188 Å². The fraction of sp³-hybridized carbons (Fsp3) is 0.381. The lowest BCUT2D eigenvalue weighted by Gasteiger charge is -2.38. The van der Waals surface area contributed by atoms with E-state index in [9.17, 15) is 4.79 Å². The number of rotatable bonds is 6. The first-order valence-corrected chi connectivity index (χ1v) is 11.8. The number of hydrazine groups is 1. The lowest BCUT2D eigenvalue weighted by atomic mass is 10.2. The molecule has 11 heteroatoms. The number of thiazole rings is 1. The van der Waals surface area contributed by atoms with Gasteiger partial charge in [-0.3, -0.25) is 14.9 Å². The van der Waals surface area contributed by atoms with Gasteiger partial charge in [0.05, 0.1) is 6.42 Å². The Hall–Kier alpha value is -3.47. The number of hydrogen-bond acceptors (Lipinski definition) is 8. The van der Waals surface area contributed by atoms with Crippen molar-refractivity contribution >= 4 is 40.3 Å². The Bertz CT molecular complexity index is 1240. The van der Waals surface area contributed by atoms with Crippen molar-refractivity contribution in [1.82, 2.24) is 34.8 Å². The van der Waals surface area contributed by atoms with Crippen molar-refractivity contribution in [2.45, 2.75) is 38.0 Å². The summed E-state index contributed by atoms with van der Waals surface area (Å²) in [5.41, 5.74) is 2.01. The number of fused-ring (bicyclic) bond motifs is 1. The van der Waals surface area contributed by atoms with Gasteiger partial charge in [-0.1, -0.05) is 0 Å². The standard InChI is InChI=1S/C21H23N9OS/c31-19(13-18-22-7-11-32-18)29-9-1-2-10-30(29)21-24-20(16-4-3-8-28(16)27-21)23-17-12-15(25-26-17)14-5-6-14/h3-4,7-8,11-12,14H,1-2,5-6,9-10,13H2,(H2,23,24,25,26,27). The Morgan fingerprint density at radius 2 is 2.19 bits per heavy atom. The third kappa shape index (κ3) is 3.68. The topological polar surface area (TPSA) is 107 Å². The third-order valence-corrected chi connectivity index (χ3v) is 6.61. The summed E-state index contributed by atoms with van der Waals surface area (Å²) in [7, 11) is 0. The average Bonchev–Trinajstić information content (AvgIpc) is 3.19. The van der Waals surface area contributed by atoms with E-state index >= 15 is 0 Å². The highest BCUT2D eigenvalue weighted by Crippen LogP contribution is 2.39. The van der Waals surface area contributed by atoms with E-state index in [-0.39, 0.29) is 12.3 Å². The molecule has 0 spiro atoms. The van der Waals surface area contributed by atoms with E-state index in [1.165, 1.54) is 24.2 Å². The molecule has 6 rings (SSSR count). The van der Waals surface area contributed by atoms with Crippen molar-refractivity contribution in [1.29, 1.82) is 0 Å². The minimum atomic E-state index is 0.00624. The number of hydrogen-bond donors (Lipinski definition) is 2. The predicted molar refractivity (Wildman–Crippen MR) is 121 cm³/mol. The van der Waals surface area contributed by atoms with Crippen molar-refractivity contribution in [3.05, 3.63) is 46.7 Å². The number of carbonyl (C=O) groups is 1. The van der Waals surface area contributed by atoms with Gasteiger partial charge < -0.3 is 5.32 Å². The number of anilines is 3. The molecule has 0 aromatic carbocycles. The fourth-order valence-corrected chi connectivity index (χ4v) is 4.65. The van der Waals surface area contributed by atoms with Crippen LogP contribution in [0.2, 0.25) is 0 Å². The van der Waals surface area contributed by atoms with Crippen molar-refractivity contribution in [3.8, 4) is 0 Å². The lowest BCUT2D eigenvalue weighted by molar-refractivity contribution is -0.132. The van der Waals surface area contributed by atoms with Gasteiger partial charge in [-0.25, -0.2) is 14.5 Å². The average molecular weight is 450 g/mol. The number of carbonyl (C=O) groups excluding carboxylic acids is 1. The molecular formula is C21H23N9OS. The third-order valence-electron chi connectivity index (χ3n) is 5.83. The predicted octanol–water partition coefficient (Wildman–Crippen LogP) is 3.12. The molecule has 164 valence electrons. The van der Waals surface area contributed by atoms with Crippen molar-refractivity contribution in [2.24, 2.45) is 0 Å². The molecule has 0 unspecified atom stereocenters. The second-order valence-corrected chi connectivity index (χ2v) is 9.14. The maximum atomic E-state index is 13.1. The summed E-state index contributed by atoms with van der Waals surface area (Å²) in [6, 6.07) is 5.94. The van der Waals surface area contributed by atoms with E-state index in [0.29, 0.717) is 30.8 Å². The van der Waals surface area contributed by atoms with Gasteiger partial charge in [0.1, 0.15) is 10.5 Å². The molecule has 2 N–H and O–H groups in total. The molecule has 1 saturated carbocycles. The Morgan fingerprint density at radius 3 is 3.03 bits per heavy atom. The Kier molecular flexibility index (Phi) is 4.75. The molecule has 1 saturated heterocycles. The number of aromatic nitrogens is 6. The number of nitrogens with one attached hydrogen (secondary N) is 2. The van der Waals surface area contributed by atoms with Crippen LogP contribution >= 0.6 is 11.3 Å². The van der Waals surface area contributed by atoms with Gasteiger partial charge in [-0.2, -0.15) is 10.1 Å². The highest BCUT2D eigenvalue weighted by molar-refractivity contribution is 7.09.